The number of piperidine rings is 1. The van der Waals surface area contributed by atoms with Crippen LogP contribution in [0, 0.1) is 5.92 Å². The van der Waals surface area contributed by atoms with Crippen molar-refractivity contribution in [3.05, 3.63) is 24.3 Å². The zero-order chi connectivity index (χ0) is 15.5. The number of benzene rings is 1. The van der Waals surface area contributed by atoms with Crippen LogP contribution in [0.4, 0.5) is 0 Å². The number of nitrogens with zero attached hydrogens (tertiary/aromatic N) is 1. The first-order chi connectivity index (χ1) is 10.7. The van der Waals surface area contributed by atoms with Gasteiger partial charge in [-0.2, -0.15) is 0 Å². The third-order valence-corrected chi connectivity index (χ3v) is 4.02. The number of hydrogen-bond donors (Lipinski definition) is 0. The highest BCUT2D eigenvalue weighted by Gasteiger charge is 2.35. The number of rotatable bonds is 3. The second-order valence-corrected chi connectivity index (χ2v) is 5.55. The fourth-order valence-electron chi connectivity index (χ4n) is 2.85. The number of Topliss-reactive ketones (excluding diaryl/α,β-unsaturated/α-hetero) is 1. The fraction of sp³-hybridized carbons (Fsp3) is 0.500. The molecule has 0 saturated carbocycles. The number of fused-ring (bicyclic) bond motifs is 1. The molecular weight excluding hydrogens is 322 g/mol. The number of halogens is 1. The minimum absolute atomic E-state index is 0. The number of para-hydroxylation sites is 2. The molecule has 23 heavy (non-hydrogen) atoms. The van der Waals surface area contributed by atoms with Crippen LogP contribution >= 0.6 is 12.4 Å². The number of hydrogen-bond acceptors (Lipinski definition) is 6. The first kappa shape index (κ1) is 17.6. The highest BCUT2D eigenvalue weighted by Crippen LogP contribution is 2.31. The van der Waals surface area contributed by atoms with E-state index in [1.165, 1.54) is 7.11 Å². The van der Waals surface area contributed by atoms with E-state index in [-0.39, 0.29) is 24.3 Å². The zero-order valence-corrected chi connectivity index (χ0v) is 13.7. The standard InChI is InChI=1S/C16H19NO5.ClH/c1-20-16(19)12-9-17(7-6-13(12)18)8-11-10-21-14-4-2-3-5-15(14)22-11;/h2-5,11-12H,6-10H2,1H3;1H. The lowest BCUT2D eigenvalue weighted by molar-refractivity contribution is -0.152. The Morgan fingerprint density at radius 2 is 2.09 bits per heavy atom. The van der Waals surface area contributed by atoms with Crippen LogP contribution in [0.5, 0.6) is 11.5 Å². The van der Waals surface area contributed by atoms with Crippen LogP contribution in [-0.4, -0.2) is 56.1 Å². The summed E-state index contributed by atoms with van der Waals surface area (Å²) >= 11 is 0. The molecule has 1 fully saturated rings. The van der Waals surface area contributed by atoms with E-state index in [2.05, 4.69) is 4.90 Å². The first-order valence-electron chi connectivity index (χ1n) is 7.38. The Labute approximate surface area is 141 Å². The molecule has 0 spiro atoms. The minimum atomic E-state index is -0.685. The SMILES string of the molecule is COC(=O)C1CN(CC2COc3ccccc3O2)CCC1=O.Cl. The molecule has 2 aliphatic heterocycles. The quantitative estimate of drug-likeness (QED) is 0.610. The normalized spacial score (nSPS) is 23.8. The van der Waals surface area contributed by atoms with Crippen LogP contribution in [0.3, 0.4) is 0 Å². The van der Waals surface area contributed by atoms with Crippen molar-refractivity contribution in [2.45, 2.75) is 12.5 Å². The van der Waals surface area contributed by atoms with Crippen LogP contribution in [0.25, 0.3) is 0 Å². The van der Waals surface area contributed by atoms with Gasteiger partial charge in [0.25, 0.3) is 0 Å². The minimum Gasteiger partial charge on any atom is -0.486 e. The average molecular weight is 342 g/mol. The highest BCUT2D eigenvalue weighted by atomic mass is 35.5. The Bertz CT molecular complexity index is 571. The molecule has 2 aliphatic rings. The van der Waals surface area contributed by atoms with E-state index in [1.807, 2.05) is 24.3 Å². The van der Waals surface area contributed by atoms with Gasteiger partial charge in [-0.1, -0.05) is 12.1 Å². The van der Waals surface area contributed by atoms with Gasteiger partial charge < -0.3 is 14.2 Å². The van der Waals surface area contributed by atoms with Crippen molar-refractivity contribution in [3.63, 3.8) is 0 Å². The fourth-order valence-corrected chi connectivity index (χ4v) is 2.85. The van der Waals surface area contributed by atoms with Gasteiger partial charge in [-0.25, -0.2) is 0 Å². The lowest BCUT2D eigenvalue weighted by Crippen LogP contribution is -2.49. The summed E-state index contributed by atoms with van der Waals surface area (Å²) in [6, 6.07) is 7.55. The van der Waals surface area contributed by atoms with Crippen LogP contribution in [-0.2, 0) is 14.3 Å². The molecule has 126 valence electrons. The molecule has 6 nitrogen and oxygen atoms in total. The summed E-state index contributed by atoms with van der Waals surface area (Å²) in [4.78, 5) is 25.5. The van der Waals surface area contributed by atoms with Crippen LogP contribution in [0.2, 0.25) is 0 Å². The molecule has 0 amide bonds. The third-order valence-electron chi connectivity index (χ3n) is 4.02. The van der Waals surface area contributed by atoms with Gasteiger partial charge in [0, 0.05) is 26.1 Å². The Kier molecular flexibility index (Phi) is 5.85. The van der Waals surface area contributed by atoms with E-state index in [9.17, 15) is 9.59 Å². The number of carbonyl (C=O) groups excluding carboxylic acids is 2. The smallest absolute Gasteiger partial charge is 0.317 e. The zero-order valence-electron chi connectivity index (χ0n) is 12.9. The Hall–Kier alpha value is -1.79. The first-order valence-corrected chi connectivity index (χ1v) is 7.38. The van der Waals surface area contributed by atoms with Crippen molar-refractivity contribution in [2.75, 3.05) is 33.4 Å². The van der Waals surface area contributed by atoms with E-state index in [4.69, 9.17) is 14.2 Å². The average Bonchev–Trinajstić information content (AvgIpc) is 2.56. The largest absolute Gasteiger partial charge is 0.486 e. The van der Waals surface area contributed by atoms with Crippen molar-refractivity contribution < 1.29 is 23.8 Å². The van der Waals surface area contributed by atoms with Gasteiger partial charge in [-0.15, -0.1) is 12.4 Å². The second-order valence-electron chi connectivity index (χ2n) is 5.55. The van der Waals surface area contributed by atoms with Crippen molar-refractivity contribution >= 4 is 24.2 Å². The lowest BCUT2D eigenvalue weighted by atomic mass is 9.96. The maximum Gasteiger partial charge on any atom is 0.317 e. The number of esters is 1. The Morgan fingerprint density at radius 3 is 2.83 bits per heavy atom. The predicted molar refractivity (Wildman–Crippen MR) is 85.2 cm³/mol. The molecular formula is C16H20ClNO5. The number of methoxy groups -OCH3 is 1. The lowest BCUT2D eigenvalue weighted by Gasteiger charge is -2.34. The van der Waals surface area contributed by atoms with E-state index in [1.54, 1.807) is 0 Å². The van der Waals surface area contributed by atoms with Gasteiger partial charge in [-0.05, 0) is 12.1 Å². The molecule has 0 aliphatic carbocycles. The maximum absolute atomic E-state index is 11.8. The second kappa shape index (κ2) is 7.66. The van der Waals surface area contributed by atoms with Gasteiger partial charge in [0.05, 0.1) is 7.11 Å². The van der Waals surface area contributed by atoms with Gasteiger partial charge in [0.1, 0.15) is 24.4 Å². The molecule has 1 saturated heterocycles. The maximum atomic E-state index is 11.8. The molecule has 3 rings (SSSR count). The Morgan fingerprint density at radius 1 is 1.35 bits per heavy atom. The molecule has 2 heterocycles. The molecule has 0 radical (unpaired) electrons. The van der Waals surface area contributed by atoms with Gasteiger partial charge in [0.2, 0.25) is 0 Å². The molecule has 1 aromatic carbocycles. The number of ketones is 1. The molecule has 2 unspecified atom stereocenters. The van der Waals surface area contributed by atoms with Crippen LogP contribution in [0.1, 0.15) is 6.42 Å². The van der Waals surface area contributed by atoms with E-state index < -0.39 is 11.9 Å². The van der Waals surface area contributed by atoms with Crippen LogP contribution < -0.4 is 9.47 Å². The monoisotopic (exact) mass is 341 g/mol. The van der Waals surface area contributed by atoms with Crippen molar-refractivity contribution in [3.8, 4) is 11.5 Å². The highest BCUT2D eigenvalue weighted by molar-refractivity contribution is 5.99. The summed E-state index contributed by atoms with van der Waals surface area (Å²) in [5, 5.41) is 0. The third kappa shape index (κ3) is 3.95. The summed E-state index contributed by atoms with van der Waals surface area (Å²) < 4.78 is 16.3. The van der Waals surface area contributed by atoms with Crippen molar-refractivity contribution in [1.29, 1.82) is 0 Å². The van der Waals surface area contributed by atoms with Crippen LogP contribution in [0.15, 0.2) is 24.3 Å². The summed E-state index contributed by atoms with van der Waals surface area (Å²) in [6.45, 7) is 2.10. The van der Waals surface area contributed by atoms with Crippen molar-refractivity contribution in [1.82, 2.24) is 4.90 Å². The van der Waals surface area contributed by atoms with Gasteiger partial charge >= 0.3 is 5.97 Å². The number of likely N-dealkylation sites (tertiary alicyclic amines) is 1. The number of carbonyl (C=O) groups is 2. The van der Waals surface area contributed by atoms with E-state index in [0.717, 1.165) is 11.5 Å². The Balaban J connectivity index is 0.00000192. The predicted octanol–water partition coefficient (Wildman–Crippen LogP) is 1.31. The summed E-state index contributed by atoms with van der Waals surface area (Å²) in [5.41, 5.74) is 0. The molecule has 0 N–H and O–H groups in total. The molecule has 0 aromatic heterocycles. The summed E-state index contributed by atoms with van der Waals surface area (Å²) in [5.74, 6) is 0.294. The van der Waals surface area contributed by atoms with E-state index in [0.29, 0.717) is 32.7 Å². The van der Waals surface area contributed by atoms with Gasteiger partial charge in [0.15, 0.2) is 11.5 Å². The molecule has 1 aromatic rings. The molecule has 7 heteroatoms. The summed E-state index contributed by atoms with van der Waals surface area (Å²) in [6.07, 6.45) is 0.255. The van der Waals surface area contributed by atoms with E-state index >= 15 is 0 Å². The summed E-state index contributed by atoms with van der Waals surface area (Å²) in [7, 11) is 1.31. The molecule has 0 bridgehead atoms. The number of ether oxygens (including phenoxy) is 3. The van der Waals surface area contributed by atoms with Crippen molar-refractivity contribution in [2.24, 2.45) is 5.92 Å². The van der Waals surface area contributed by atoms with Gasteiger partial charge in [-0.3, -0.25) is 14.5 Å². The topological polar surface area (TPSA) is 65.1 Å². The molecule has 2 atom stereocenters.